The molecule has 0 bridgehead atoms. The number of hydrogen-bond acceptors (Lipinski definition) is 5. The number of hydrogen-bond donors (Lipinski definition) is 1. The van der Waals surface area contributed by atoms with E-state index in [2.05, 4.69) is 31.2 Å². The predicted octanol–water partition coefficient (Wildman–Crippen LogP) is 6.06. The summed E-state index contributed by atoms with van der Waals surface area (Å²) in [4.78, 5) is 14.0. The molecule has 188 valence electrons. The molecule has 0 fully saturated rings. The first kappa shape index (κ1) is 30.8. The van der Waals surface area contributed by atoms with Gasteiger partial charge in [0.15, 0.2) is 0 Å². The smallest absolute Gasteiger partial charge is 0.307 e. The summed E-state index contributed by atoms with van der Waals surface area (Å²) in [7, 11) is 3.89. The van der Waals surface area contributed by atoms with Crippen LogP contribution in [-0.2, 0) is 14.3 Å². The van der Waals surface area contributed by atoms with Gasteiger partial charge in [-0.2, -0.15) is 0 Å². The Bertz CT molecular complexity index is 463. The van der Waals surface area contributed by atoms with E-state index in [1.54, 1.807) is 0 Å². The number of rotatable bonds is 23. The van der Waals surface area contributed by atoms with Gasteiger partial charge in [0, 0.05) is 6.54 Å². The van der Waals surface area contributed by atoms with Crippen molar-refractivity contribution >= 4 is 5.97 Å². The molecule has 0 saturated carbocycles. The molecule has 0 radical (unpaired) electrons. The molecule has 0 rings (SSSR count). The summed E-state index contributed by atoms with van der Waals surface area (Å²) in [5, 5.41) is 8.89. The average Bonchev–Trinajstić information content (AvgIpc) is 2.77. The number of aliphatic hydroxyl groups excluding tert-OH is 1. The number of nitrogens with zero attached hydrogens (tertiary/aromatic N) is 1. The zero-order valence-electron chi connectivity index (χ0n) is 21.2. The van der Waals surface area contributed by atoms with E-state index in [0.717, 1.165) is 25.7 Å². The number of carbonyl (C=O) groups excluding carboxylic acids is 1. The molecule has 0 spiro atoms. The van der Waals surface area contributed by atoms with Crippen LogP contribution in [0.5, 0.6) is 0 Å². The Kier molecular flexibility index (Phi) is 23.6. The molecule has 0 aromatic rings. The van der Waals surface area contributed by atoms with E-state index in [0.29, 0.717) is 19.6 Å². The van der Waals surface area contributed by atoms with E-state index in [4.69, 9.17) is 14.6 Å². The van der Waals surface area contributed by atoms with E-state index in [1.165, 1.54) is 57.8 Å². The van der Waals surface area contributed by atoms with Crippen LogP contribution in [0.4, 0.5) is 0 Å². The minimum absolute atomic E-state index is 0.00771. The molecule has 0 heterocycles. The van der Waals surface area contributed by atoms with Crippen LogP contribution in [-0.4, -0.2) is 62.5 Å². The van der Waals surface area contributed by atoms with E-state index in [1.807, 2.05) is 19.0 Å². The van der Waals surface area contributed by atoms with Gasteiger partial charge >= 0.3 is 5.97 Å². The average molecular weight is 454 g/mol. The number of aliphatic hydroxyl groups is 1. The lowest BCUT2D eigenvalue weighted by atomic mass is 10.1. The van der Waals surface area contributed by atoms with Crippen molar-refractivity contribution in [3.63, 3.8) is 0 Å². The zero-order chi connectivity index (χ0) is 23.7. The maximum atomic E-state index is 12.0. The fourth-order valence-electron chi connectivity index (χ4n) is 3.38. The minimum atomic E-state index is -0.206. The second-order valence-corrected chi connectivity index (χ2v) is 8.84. The standard InChI is InChI=1S/C27H51NO4/c1-4-5-6-7-8-9-10-11-12-13-14-15-16-17-18-19-20-26(25-31-24-23-29)32-27(30)21-22-28(2)3/h8-9,11-12,26,29H,4-7,10,13-25H2,1-3H3/b9-8-,12-11-. The van der Waals surface area contributed by atoms with Crippen molar-refractivity contribution in [3.8, 4) is 0 Å². The van der Waals surface area contributed by atoms with Crippen molar-refractivity contribution in [2.75, 3.05) is 40.5 Å². The van der Waals surface area contributed by atoms with E-state index in [9.17, 15) is 4.79 Å². The Morgan fingerprint density at radius 1 is 0.906 bits per heavy atom. The second-order valence-electron chi connectivity index (χ2n) is 8.84. The number of esters is 1. The Labute approximate surface area is 198 Å². The molecule has 1 N–H and O–H groups in total. The first-order chi connectivity index (χ1) is 15.6. The monoisotopic (exact) mass is 453 g/mol. The van der Waals surface area contributed by atoms with Crippen LogP contribution < -0.4 is 0 Å². The highest BCUT2D eigenvalue weighted by atomic mass is 16.6. The van der Waals surface area contributed by atoms with Gasteiger partial charge in [-0.05, 0) is 59.0 Å². The fraction of sp³-hybridized carbons (Fsp3) is 0.815. The van der Waals surface area contributed by atoms with Gasteiger partial charge in [-0.25, -0.2) is 0 Å². The quantitative estimate of drug-likeness (QED) is 0.116. The molecule has 32 heavy (non-hydrogen) atoms. The molecule has 1 unspecified atom stereocenters. The number of allylic oxidation sites excluding steroid dienone is 4. The lowest BCUT2D eigenvalue weighted by Gasteiger charge is -2.18. The third-order valence-electron chi connectivity index (χ3n) is 5.33. The van der Waals surface area contributed by atoms with E-state index in [-0.39, 0.29) is 25.3 Å². The molecular formula is C27H51NO4. The molecule has 0 aromatic heterocycles. The lowest BCUT2D eigenvalue weighted by molar-refractivity contribution is -0.153. The maximum absolute atomic E-state index is 12.0. The molecule has 0 aromatic carbocycles. The summed E-state index contributed by atoms with van der Waals surface area (Å²) >= 11 is 0. The summed E-state index contributed by atoms with van der Waals surface area (Å²) in [5.74, 6) is -0.170. The first-order valence-corrected chi connectivity index (χ1v) is 12.9. The molecule has 5 nitrogen and oxygen atoms in total. The highest BCUT2D eigenvalue weighted by Crippen LogP contribution is 2.13. The summed E-state index contributed by atoms with van der Waals surface area (Å²) < 4.78 is 11.0. The minimum Gasteiger partial charge on any atom is -0.460 e. The topological polar surface area (TPSA) is 59.0 Å². The summed E-state index contributed by atoms with van der Waals surface area (Å²) in [6.07, 6.45) is 24.9. The SMILES string of the molecule is CCCCC/C=C\C/C=C\CCCCCCCCC(COCCO)OC(=O)CCN(C)C. The van der Waals surface area contributed by atoms with Crippen molar-refractivity contribution < 1.29 is 19.4 Å². The van der Waals surface area contributed by atoms with Crippen molar-refractivity contribution in [2.45, 2.75) is 103 Å². The van der Waals surface area contributed by atoms with Crippen molar-refractivity contribution in [3.05, 3.63) is 24.3 Å². The van der Waals surface area contributed by atoms with Gasteiger partial charge in [0.1, 0.15) is 6.10 Å². The normalized spacial score (nSPS) is 12.9. The molecule has 0 saturated heterocycles. The molecule has 5 heteroatoms. The second kappa shape index (κ2) is 24.5. The van der Waals surface area contributed by atoms with Crippen LogP contribution in [0.1, 0.15) is 96.8 Å². The molecule has 0 aliphatic carbocycles. The van der Waals surface area contributed by atoms with Crippen LogP contribution in [0.15, 0.2) is 24.3 Å². The van der Waals surface area contributed by atoms with Gasteiger partial charge in [-0.15, -0.1) is 0 Å². The Balaban J connectivity index is 3.74. The summed E-state index contributed by atoms with van der Waals surface area (Å²) in [5.41, 5.74) is 0. The van der Waals surface area contributed by atoms with Gasteiger partial charge in [0.25, 0.3) is 0 Å². The fourth-order valence-corrected chi connectivity index (χ4v) is 3.38. The number of carbonyl (C=O) groups is 1. The van der Waals surface area contributed by atoms with Crippen LogP contribution in [0.2, 0.25) is 0 Å². The van der Waals surface area contributed by atoms with Crippen molar-refractivity contribution in [1.82, 2.24) is 4.90 Å². The highest BCUT2D eigenvalue weighted by molar-refractivity contribution is 5.69. The van der Waals surface area contributed by atoms with Crippen LogP contribution >= 0.6 is 0 Å². The van der Waals surface area contributed by atoms with Gasteiger partial charge < -0.3 is 19.5 Å². The molecule has 1 atom stereocenters. The van der Waals surface area contributed by atoms with Gasteiger partial charge in [-0.1, -0.05) is 69.8 Å². The Hall–Kier alpha value is -1.17. The Morgan fingerprint density at radius 3 is 2.16 bits per heavy atom. The lowest BCUT2D eigenvalue weighted by Crippen LogP contribution is -2.26. The zero-order valence-corrected chi connectivity index (χ0v) is 21.2. The highest BCUT2D eigenvalue weighted by Gasteiger charge is 2.15. The van der Waals surface area contributed by atoms with Crippen molar-refractivity contribution in [2.24, 2.45) is 0 Å². The van der Waals surface area contributed by atoms with Crippen LogP contribution in [0.3, 0.4) is 0 Å². The summed E-state index contributed by atoms with van der Waals surface area (Å²) in [6, 6.07) is 0. The van der Waals surface area contributed by atoms with Gasteiger partial charge in [-0.3, -0.25) is 4.79 Å². The predicted molar refractivity (Wildman–Crippen MR) is 135 cm³/mol. The molecule has 0 aliphatic rings. The summed E-state index contributed by atoms with van der Waals surface area (Å²) in [6.45, 7) is 3.58. The Morgan fingerprint density at radius 2 is 1.53 bits per heavy atom. The molecule has 0 amide bonds. The third kappa shape index (κ3) is 23.5. The van der Waals surface area contributed by atoms with Gasteiger partial charge in [0.05, 0.1) is 26.2 Å². The number of ether oxygens (including phenoxy) is 2. The molecular weight excluding hydrogens is 402 g/mol. The van der Waals surface area contributed by atoms with Crippen molar-refractivity contribution in [1.29, 1.82) is 0 Å². The number of unbranched alkanes of at least 4 members (excludes halogenated alkanes) is 9. The first-order valence-electron chi connectivity index (χ1n) is 12.9. The largest absolute Gasteiger partial charge is 0.460 e. The van der Waals surface area contributed by atoms with Gasteiger partial charge in [0.2, 0.25) is 0 Å². The maximum Gasteiger partial charge on any atom is 0.307 e. The van der Waals surface area contributed by atoms with E-state index < -0.39 is 0 Å². The van der Waals surface area contributed by atoms with Crippen LogP contribution in [0, 0.1) is 0 Å². The van der Waals surface area contributed by atoms with E-state index >= 15 is 0 Å². The van der Waals surface area contributed by atoms with Crippen LogP contribution in [0.25, 0.3) is 0 Å². The molecule has 0 aliphatic heterocycles. The third-order valence-corrected chi connectivity index (χ3v) is 5.33.